The number of nitrogens with zero attached hydrogens (tertiary/aromatic N) is 3. The number of aryl methyl sites for hydroxylation is 1. The average molecular weight is 395 g/mol. The number of carbonyl (C=O) groups excluding carboxylic acids is 2. The molecule has 7 heteroatoms. The molecule has 0 bridgehead atoms. The Morgan fingerprint density at radius 2 is 1.71 bits per heavy atom. The van der Waals surface area contributed by atoms with Gasteiger partial charge in [-0.2, -0.15) is 0 Å². The van der Waals surface area contributed by atoms with E-state index in [2.05, 4.69) is 30.0 Å². The SMILES string of the molecule is COC(=O)c1ccccc1C(=O)N1CCN(c2nc3c(C)cccc3s2)CC1. The minimum atomic E-state index is -0.493. The molecule has 4 rings (SSSR count). The van der Waals surface area contributed by atoms with Crippen LogP contribution >= 0.6 is 11.3 Å². The molecule has 0 spiro atoms. The molecule has 1 fully saturated rings. The van der Waals surface area contributed by atoms with Crippen molar-refractivity contribution in [2.75, 3.05) is 38.2 Å². The third kappa shape index (κ3) is 3.33. The summed E-state index contributed by atoms with van der Waals surface area (Å²) in [7, 11) is 1.32. The number of methoxy groups -OCH3 is 1. The van der Waals surface area contributed by atoms with Crippen molar-refractivity contribution >= 4 is 38.6 Å². The highest BCUT2D eigenvalue weighted by atomic mass is 32.1. The number of thiazole rings is 1. The lowest BCUT2D eigenvalue weighted by Crippen LogP contribution is -2.49. The van der Waals surface area contributed by atoms with E-state index in [4.69, 9.17) is 9.72 Å². The van der Waals surface area contributed by atoms with Crippen LogP contribution in [0.5, 0.6) is 0 Å². The van der Waals surface area contributed by atoms with Crippen LogP contribution in [-0.2, 0) is 4.74 Å². The van der Waals surface area contributed by atoms with Crippen molar-refractivity contribution in [2.24, 2.45) is 0 Å². The number of rotatable bonds is 3. The molecule has 1 aliphatic rings. The van der Waals surface area contributed by atoms with Crippen molar-refractivity contribution in [1.29, 1.82) is 0 Å². The number of carbonyl (C=O) groups is 2. The van der Waals surface area contributed by atoms with E-state index in [0.717, 1.165) is 10.6 Å². The minimum absolute atomic E-state index is 0.138. The number of ether oxygens (including phenoxy) is 1. The van der Waals surface area contributed by atoms with E-state index in [1.165, 1.54) is 17.4 Å². The lowest BCUT2D eigenvalue weighted by atomic mass is 10.1. The molecule has 2 aromatic carbocycles. The Hall–Kier alpha value is -2.93. The molecular weight excluding hydrogens is 374 g/mol. The number of piperazine rings is 1. The smallest absolute Gasteiger partial charge is 0.338 e. The monoisotopic (exact) mass is 395 g/mol. The Kier molecular flexibility index (Phi) is 5.00. The van der Waals surface area contributed by atoms with Crippen LogP contribution in [0, 0.1) is 6.92 Å². The van der Waals surface area contributed by atoms with Gasteiger partial charge in [-0.25, -0.2) is 9.78 Å². The second-order valence-electron chi connectivity index (χ2n) is 6.73. The van der Waals surface area contributed by atoms with E-state index in [0.29, 0.717) is 37.3 Å². The molecule has 0 N–H and O–H groups in total. The summed E-state index contributed by atoms with van der Waals surface area (Å²) in [6.07, 6.45) is 0. The molecular formula is C21H21N3O3S. The molecule has 0 atom stereocenters. The molecule has 3 aromatic rings. The summed E-state index contributed by atoms with van der Waals surface area (Å²) in [5, 5.41) is 0.992. The molecule has 1 aliphatic heterocycles. The molecule has 6 nitrogen and oxygen atoms in total. The molecule has 1 aromatic heterocycles. The molecule has 0 saturated carbocycles. The van der Waals surface area contributed by atoms with Crippen LogP contribution in [0.25, 0.3) is 10.2 Å². The zero-order valence-corrected chi connectivity index (χ0v) is 16.7. The van der Waals surface area contributed by atoms with E-state index in [1.807, 2.05) is 0 Å². The lowest BCUT2D eigenvalue weighted by molar-refractivity contribution is 0.0589. The maximum absolute atomic E-state index is 13.0. The molecule has 1 saturated heterocycles. The van der Waals surface area contributed by atoms with Gasteiger partial charge in [-0.05, 0) is 30.7 Å². The first-order valence-corrected chi connectivity index (χ1v) is 9.98. The fourth-order valence-corrected chi connectivity index (χ4v) is 4.53. The van der Waals surface area contributed by atoms with Crippen LogP contribution in [-0.4, -0.2) is 55.0 Å². The minimum Gasteiger partial charge on any atom is -0.465 e. The summed E-state index contributed by atoms with van der Waals surface area (Å²) in [5.41, 5.74) is 2.92. The van der Waals surface area contributed by atoms with Crippen molar-refractivity contribution < 1.29 is 14.3 Å². The summed E-state index contributed by atoms with van der Waals surface area (Å²) >= 11 is 1.68. The number of amides is 1. The Bertz CT molecular complexity index is 1040. The van der Waals surface area contributed by atoms with Gasteiger partial charge in [0.2, 0.25) is 0 Å². The highest BCUT2D eigenvalue weighted by Crippen LogP contribution is 2.31. The molecule has 0 aliphatic carbocycles. The Labute approximate surface area is 167 Å². The predicted molar refractivity (Wildman–Crippen MR) is 110 cm³/mol. The van der Waals surface area contributed by atoms with Crippen LogP contribution in [0.2, 0.25) is 0 Å². The molecule has 1 amide bonds. The van der Waals surface area contributed by atoms with Gasteiger partial charge in [0.05, 0.1) is 28.5 Å². The fraction of sp³-hybridized carbons (Fsp3) is 0.286. The largest absolute Gasteiger partial charge is 0.465 e. The third-order valence-corrected chi connectivity index (χ3v) is 6.09. The molecule has 144 valence electrons. The second-order valence-corrected chi connectivity index (χ2v) is 7.74. The Balaban J connectivity index is 1.49. The van der Waals surface area contributed by atoms with E-state index in [9.17, 15) is 9.59 Å². The average Bonchev–Trinajstić information content (AvgIpc) is 3.18. The van der Waals surface area contributed by atoms with Gasteiger partial charge >= 0.3 is 5.97 Å². The van der Waals surface area contributed by atoms with Crippen molar-refractivity contribution in [3.63, 3.8) is 0 Å². The van der Waals surface area contributed by atoms with Crippen molar-refractivity contribution in [3.05, 3.63) is 59.2 Å². The number of aromatic nitrogens is 1. The Morgan fingerprint density at radius 3 is 2.39 bits per heavy atom. The summed E-state index contributed by atoms with van der Waals surface area (Å²) in [5.74, 6) is -0.631. The normalized spacial score (nSPS) is 14.4. The second kappa shape index (κ2) is 7.59. The maximum Gasteiger partial charge on any atom is 0.338 e. The molecule has 0 radical (unpaired) electrons. The number of hydrogen-bond donors (Lipinski definition) is 0. The topological polar surface area (TPSA) is 62.7 Å². The van der Waals surface area contributed by atoms with Crippen LogP contribution in [0.3, 0.4) is 0 Å². The van der Waals surface area contributed by atoms with Crippen LogP contribution in [0.1, 0.15) is 26.3 Å². The summed E-state index contributed by atoms with van der Waals surface area (Å²) < 4.78 is 5.98. The number of para-hydroxylation sites is 1. The summed E-state index contributed by atoms with van der Waals surface area (Å²) in [4.78, 5) is 33.7. The number of anilines is 1. The lowest BCUT2D eigenvalue weighted by Gasteiger charge is -2.34. The van der Waals surface area contributed by atoms with Gasteiger partial charge in [-0.15, -0.1) is 0 Å². The van der Waals surface area contributed by atoms with Crippen LogP contribution < -0.4 is 4.90 Å². The zero-order chi connectivity index (χ0) is 19.7. The van der Waals surface area contributed by atoms with Gasteiger partial charge in [-0.1, -0.05) is 35.6 Å². The van der Waals surface area contributed by atoms with Crippen molar-refractivity contribution in [2.45, 2.75) is 6.92 Å². The third-order valence-electron chi connectivity index (χ3n) is 5.01. The first-order valence-electron chi connectivity index (χ1n) is 9.16. The van der Waals surface area contributed by atoms with E-state index in [1.54, 1.807) is 40.5 Å². The van der Waals surface area contributed by atoms with Gasteiger partial charge < -0.3 is 14.5 Å². The van der Waals surface area contributed by atoms with E-state index >= 15 is 0 Å². The Morgan fingerprint density at radius 1 is 1.00 bits per heavy atom. The van der Waals surface area contributed by atoms with E-state index < -0.39 is 5.97 Å². The van der Waals surface area contributed by atoms with Crippen LogP contribution in [0.15, 0.2) is 42.5 Å². The maximum atomic E-state index is 13.0. The number of benzene rings is 2. The van der Waals surface area contributed by atoms with Gasteiger partial charge in [-0.3, -0.25) is 4.79 Å². The molecule has 28 heavy (non-hydrogen) atoms. The summed E-state index contributed by atoms with van der Waals surface area (Å²) in [6.45, 7) is 4.67. The number of hydrogen-bond acceptors (Lipinski definition) is 6. The molecule has 2 heterocycles. The highest BCUT2D eigenvalue weighted by molar-refractivity contribution is 7.22. The highest BCUT2D eigenvalue weighted by Gasteiger charge is 2.26. The van der Waals surface area contributed by atoms with Crippen molar-refractivity contribution in [3.8, 4) is 0 Å². The van der Waals surface area contributed by atoms with Crippen molar-refractivity contribution in [1.82, 2.24) is 9.88 Å². The first kappa shape index (κ1) is 18.4. The number of esters is 1. The van der Waals surface area contributed by atoms with Gasteiger partial charge in [0.1, 0.15) is 0 Å². The fourth-order valence-electron chi connectivity index (χ4n) is 3.44. The zero-order valence-electron chi connectivity index (χ0n) is 15.8. The van der Waals surface area contributed by atoms with Gasteiger partial charge in [0, 0.05) is 26.2 Å². The first-order chi connectivity index (χ1) is 13.6. The molecule has 0 unspecified atom stereocenters. The van der Waals surface area contributed by atoms with Gasteiger partial charge in [0.15, 0.2) is 5.13 Å². The van der Waals surface area contributed by atoms with E-state index in [-0.39, 0.29) is 5.91 Å². The quantitative estimate of drug-likeness (QED) is 0.637. The predicted octanol–water partition coefficient (Wildman–Crippen LogP) is 3.35. The number of fused-ring (bicyclic) bond motifs is 1. The summed E-state index contributed by atoms with van der Waals surface area (Å²) in [6, 6.07) is 13.0. The van der Waals surface area contributed by atoms with Gasteiger partial charge in [0.25, 0.3) is 5.91 Å². The van der Waals surface area contributed by atoms with Crippen LogP contribution in [0.4, 0.5) is 5.13 Å². The standard InChI is InChI=1S/C21H21N3O3S/c1-14-6-5-9-17-18(14)22-21(28-17)24-12-10-23(11-13-24)19(25)15-7-3-4-8-16(15)20(26)27-2/h3-9H,10-13H2,1-2H3.